The average Bonchev–Trinajstić information content (AvgIpc) is 2.39. The Bertz CT molecular complexity index is 530. The smallest absolute Gasteiger partial charge is 0.207 e. The lowest BCUT2D eigenvalue weighted by Crippen LogP contribution is -2.34. The Morgan fingerprint density at radius 2 is 1.89 bits per heavy atom. The molecule has 5 heteroatoms. The third-order valence-corrected chi connectivity index (χ3v) is 4.46. The minimum atomic E-state index is -3.53. The molecule has 104 valence electrons. The molecular weight excluding hydrogens is 260 g/mol. The van der Waals surface area contributed by atoms with Gasteiger partial charge in [-0.3, -0.25) is 0 Å². The van der Waals surface area contributed by atoms with E-state index in [9.17, 15) is 8.42 Å². The lowest BCUT2D eigenvalue weighted by molar-refractivity contribution is 0.543. The molecule has 0 aliphatic carbocycles. The molecular formula is C14H20N2O2S. The van der Waals surface area contributed by atoms with Crippen LogP contribution in [0.1, 0.15) is 38.7 Å². The highest BCUT2D eigenvalue weighted by molar-refractivity contribution is 7.89. The van der Waals surface area contributed by atoms with E-state index in [2.05, 4.69) is 11.6 Å². The quantitative estimate of drug-likeness (QED) is 0.834. The molecule has 0 aliphatic heterocycles. The lowest BCUT2D eigenvalue weighted by atomic mass is 10.1. The van der Waals surface area contributed by atoms with Gasteiger partial charge in [-0.05, 0) is 30.5 Å². The maximum atomic E-state index is 12.1. The summed E-state index contributed by atoms with van der Waals surface area (Å²) in [7, 11) is -3.53. The zero-order valence-electron chi connectivity index (χ0n) is 11.4. The Balaban J connectivity index is 2.85. The van der Waals surface area contributed by atoms with Crippen LogP contribution in [0.3, 0.4) is 0 Å². The van der Waals surface area contributed by atoms with Crippen molar-refractivity contribution < 1.29 is 8.42 Å². The molecule has 1 aromatic carbocycles. The number of rotatable bonds is 7. The largest absolute Gasteiger partial charge is 0.240 e. The molecule has 0 fully saturated rings. The van der Waals surface area contributed by atoms with Gasteiger partial charge in [0.2, 0.25) is 10.0 Å². The van der Waals surface area contributed by atoms with E-state index in [1.807, 2.05) is 25.1 Å². The van der Waals surface area contributed by atoms with Crippen molar-refractivity contribution in [1.29, 1.82) is 5.26 Å². The summed E-state index contributed by atoms with van der Waals surface area (Å²) in [6.07, 6.45) is 2.76. The van der Waals surface area contributed by atoms with Crippen LogP contribution in [0.15, 0.2) is 29.2 Å². The number of sulfonamides is 1. The second kappa shape index (κ2) is 7.27. The van der Waals surface area contributed by atoms with Crippen LogP contribution in [0.4, 0.5) is 0 Å². The van der Waals surface area contributed by atoms with Gasteiger partial charge in [-0.2, -0.15) is 5.26 Å². The number of hydrogen-bond donors (Lipinski definition) is 1. The molecule has 1 unspecified atom stereocenters. The molecule has 0 radical (unpaired) electrons. The molecule has 1 atom stereocenters. The van der Waals surface area contributed by atoms with Crippen molar-refractivity contribution in [3.63, 3.8) is 0 Å². The van der Waals surface area contributed by atoms with Crippen LogP contribution in [-0.2, 0) is 16.4 Å². The number of benzene rings is 1. The van der Waals surface area contributed by atoms with Crippen LogP contribution < -0.4 is 4.72 Å². The summed E-state index contributed by atoms with van der Waals surface area (Å²) in [6, 6.07) is 8.57. The van der Waals surface area contributed by atoms with Gasteiger partial charge in [-0.25, -0.2) is 13.1 Å². The zero-order chi connectivity index (χ0) is 14.3. The van der Waals surface area contributed by atoms with Crippen molar-refractivity contribution >= 4 is 10.0 Å². The van der Waals surface area contributed by atoms with E-state index in [4.69, 9.17) is 5.26 Å². The molecule has 0 heterocycles. The third kappa shape index (κ3) is 4.66. The summed E-state index contributed by atoms with van der Waals surface area (Å²) in [6.45, 7) is 3.94. The van der Waals surface area contributed by atoms with Gasteiger partial charge in [-0.1, -0.05) is 32.4 Å². The molecule has 0 saturated carbocycles. The summed E-state index contributed by atoms with van der Waals surface area (Å²) in [4.78, 5) is 0.253. The van der Waals surface area contributed by atoms with E-state index < -0.39 is 10.0 Å². The molecule has 0 bridgehead atoms. The maximum Gasteiger partial charge on any atom is 0.240 e. The Morgan fingerprint density at radius 1 is 1.26 bits per heavy atom. The summed E-state index contributed by atoms with van der Waals surface area (Å²) >= 11 is 0. The Kier molecular flexibility index (Phi) is 6.00. The SMILES string of the molecule is CCCc1ccc(S(=O)(=O)NC(CC)CC#N)cc1. The Morgan fingerprint density at radius 3 is 2.37 bits per heavy atom. The molecule has 4 nitrogen and oxygen atoms in total. The molecule has 19 heavy (non-hydrogen) atoms. The van der Waals surface area contributed by atoms with E-state index >= 15 is 0 Å². The minimum Gasteiger partial charge on any atom is -0.207 e. The fraction of sp³-hybridized carbons (Fsp3) is 0.500. The molecule has 1 rings (SSSR count). The molecule has 1 N–H and O–H groups in total. The summed E-state index contributed by atoms with van der Waals surface area (Å²) in [5.74, 6) is 0. The average molecular weight is 280 g/mol. The van der Waals surface area contributed by atoms with E-state index in [1.165, 1.54) is 0 Å². The third-order valence-electron chi connectivity index (χ3n) is 2.92. The van der Waals surface area contributed by atoms with Crippen molar-refractivity contribution in [1.82, 2.24) is 4.72 Å². The Hall–Kier alpha value is -1.38. The van der Waals surface area contributed by atoms with Crippen molar-refractivity contribution in [3.8, 4) is 6.07 Å². The summed E-state index contributed by atoms with van der Waals surface area (Å²) < 4.78 is 26.8. The van der Waals surface area contributed by atoms with Gasteiger partial charge < -0.3 is 0 Å². The van der Waals surface area contributed by atoms with Crippen molar-refractivity contribution in [2.75, 3.05) is 0 Å². The van der Waals surface area contributed by atoms with Gasteiger partial charge in [0.15, 0.2) is 0 Å². The summed E-state index contributed by atoms with van der Waals surface area (Å²) in [5, 5.41) is 8.65. The van der Waals surface area contributed by atoms with Gasteiger partial charge in [0, 0.05) is 6.04 Å². The predicted octanol–water partition coefficient (Wildman–Crippen LogP) is 2.61. The van der Waals surface area contributed by atoms with Gasteiger partial charge >= 0.3 is 0 Å². The molecule has 0 amide bonds. The van der Waals surface area contributed by atoms with Gasteiger partial charge in [0.05, 0.1) is 17.4 Å². The fourth-order valence-electron chi connectivity index (χ4n) is 1.79. The second-order valence-electron chi connectivity index (χ2n) is 4.48. The number of nitrogens with zero attached hydrogens (tertiary/aromatic N) is 1. The first-order valence-electron chi connectivity index (χ1n) is 6.51. The maximum absolute atomic E-state index is 12.1. The lowest BCUT2D eigenvalue weighted by Gasteiger charge is -2.14. The van der Waals surface area contributed by atoms with Crippen LogP contribution in [-0.4, -0.2) is 14.5 Å². The van der Waals surface area contributed by atoms with Crippen LogP contribution in [0.2, 0.25) is 0 Å². The van der Waals surface area contributed by atoms with E-state index in [-0.39, 0.29) is 17.4 Å². The van der Waals surface area contributed by atoms with Gasteiger partial charge in [0.25, 0.3) is 0 Å². The number of nitriles is 1. The van der Waals surface area contributed by atoms with E-state index in [0.29, 0.717) is 6.42 Å². The molecule has 0 aromatic heterocycles. The van der Waals surface area contributed by atoms with Crippen LogP contribution in [0, 0.1) is 11.3 Å². The minimum absolute atomic E-state index is 0.184. The highest BCUT2D eigenvalue weighted by atomic mass is 32.2. The fourth-order valence-corrected chi connectivity index (χ4v) is 3.11. The van der Waals surface area contributed by atoms with Crippen molar-refractivity contribution in [2.24, 2.45) is 0 Å². The van der Waals surface area contributed by atoms with Gasteiger partial charge in [0.1, 0.15) is 0 Å². The van der Waals surface area contributed by atoms with E-state index in [0.717, 1.165) is 18.4 Å². The second-order valence-corrected chi connectivity index (χ2v) is 6.20. The monoisotopic (exact) mass is 280 g/mol. The predicted molar refractivity (Wildman–Crippen MR) is 75.1 cm³/mol. The standard InChI is InChI=1S/C14H20N2O2S/c1-3-5-12-6-8-14(9-7-12)19(17,18)16-13(4-2)10-11-15/h6-9,13,16H,3-5,10H2,1-2H3. The normalized spacial score (nSPS) is 12.9. The number of nitrogens with one attached hydrogen (secondary N) is 1. The van der Waals surface area contributed by atoms with Crippen LogP contribution >= 0.6 is 0 Å². The Labute approximate surface area is 115 Å². The zero-order valence-corrected chi connectivity index (χ0v) is 12.2. The first kappa shape index (κ1) is 15.7. The highest BCUT2D eigenvalue weighted by Crippen LogP contribution is 2.13. The van der Waals surface area contributed by atoms with Crippen molar-refractivity contribution in [2.45, 2.75) is 50.5 Å². The molecule has 0 spiro atoms. The topological polar surface area (TPSA) is 70.0 Å². The highest BCUT2D eigenvalue weighted by Gasteiger charge is 2.18. The molecule has 0 aliphatic rings. The number of aryl methyl sites for hydroxylation is 1. The summed E-state index contributed by atoms with van der Waals surface area (Å²) in [5.41, 5.74) is 1.13. The van der Waals surface area contributed by atoms with Crippen molar-refractivity contribution in [3.05, 3.63) is 29.8 Å². The molecule has 0 saturated heterocycles. The van der Waals surface area contributed by atoms with Crippen LogP contribution in [0.5, 0.6) is 0 Å². The van der Waals surface area contributed by atoms with E-state index in [1.54, 1.807) is 12.1 Å². The number of hydrogen-bond acceptors (Lipinski definition) is 3. The van der Waals surface area contributed by atoms with Crippen LogP contribution in [0.25, 0.3) is 0 Å². The van der Waals surface area contributed by atoms with Gasteiger partial charge in [-0.15, -0.1) is 0 Å². The molecule has 1 aromatic rings. The first-order valence-corrected chi connectivity index (χ1v) is 8.00. The first-order chi connectivity index (χ1) is 9.03.